The third-order valence-corrected chi connectivity index (χ3v) is 2.97. The molecule has 84 valence electrons. The molecule has 0 saturated heterocycles. The van der Waals surface area contributed by atoms with E-state index in [1.807, 2.05) is 36.4 Å². The average Bonchev–Trinajstić information content (AvgIpc) is 2.64. The first-order valence-electron chi connectivity index (χ1n) is 5.44. The number of para-hydroxylation sites is 1. The molecule has 1 aliphatic heterocycles. The van der Waals surface area contributed by atoms with Crippen molar-refractivity contribution in [2.24, 2.45) is 0 Å². The van der Waals surface area contributed by atoms with Crippen molar-refractivity contribution in [2.75, 3.05) is 4.90 Å². The molecule has 2 aromatic rings. The van der Waals surface area contributed by atoms with Gasteiger partial charge in [0.2, 0.25) is 0 Å². The molecule has 1 N–H and O–H groups in total. The summed E-state index contributed by atoms with van der Waals surface area (Å²) in [4.78, 5) is 13.6. The maximum absolute atomic E-state index is 12.2. The van der Waals surface area contributed by atoms with Crippen LogP contribution in [-0.4, -0.2) is 11.0 Å². The summed E-state index contributed by atoms with van der Waals surface area (Å²) in [7, 11) is 0. The van der Waals surface area contributed by atoms with E-state index in [1.54, 1.807) is 18.2 Å². The Morgan fingerprint density at radius 2 is 1.59 bits per heavy atom. The van der Waals surface area contributed by atoms with Crippen LogP contribution in [0.15, 0.2) is 54.6 Å². The Labute approximate surface area is 98.9 Å². The van der Waals surface area contributed by atoms with E-state index in [4.69, 9.17) is 0 Å². The Morgan fingerprint density at radius 3 is 2.29 bits per heavy atom. The summed E-state index contributed by atoms with van der Waals surface area (Å²) < 4.78 is 0. The van der Waals surface area contributed by atoms with Gasteiger partial charge in [0.25, 0.3) is 5.91 Å². The summed E-state index contributed by atoms with van der Waals surface area (Å²) in [5.74, 6) is -0.153. The van der Waals surface area contributed by atoms with Crippen molar-refractivity contribution in [3.05, 3.63) is 65.7 Å². The van der Waals surface area contributed by atoms with Gasteiger partial charge in [-0.3, -0.25) is 9.69 Å². The van der Waals surface area contributed by atoms with E-state index in [0.717, 1.165) is 0 Å². The summed E-state index contributed by atoms with van der Waals surface area (Å²) >= 11 is 0. The molecule has 0 aromatic heterocycles. The molecule has 0 saturated carbocycles. The molecule has 1 aliphatic rings. The maximum Gasteiger partial charge on any atom is 0.261 e. The second-order valence-corrected chi connectivity index (χ2v) is 3.97. The lowest BCUT2D eigenvalue weighted by Gasteiger charge is -2.20. The highest BCUT2D eigenvalue weighted by atomic mass is 16.3. The predicted octanol–water partition coefficient (Wildman–Crippen LogP) is 2.34. The quantitative estimate of drug-likeness (QED) is 0.809. The molecule has 0 radical (unpaired) electrons. The molecule has 3 heteroatoms. The van der Waals surface area contributed by atoms with Crippen molar-refractivity contribution < 1.29 is 9.90 Å². The fourth-order valence-corrected chi connectivity index (χ4v) is 2.14. The Bertz CT molecular complexity index is 565. The molecule has 0 spiro atoms. The van der Waals surface area contributed by atoms with E-state index in [0.29, 0.717) is 16.8 Å². The molecule has 0 bridgehead atoms. The largest absolute Gasteiger partial charge is 0.369 e. The number of benzene rings is 2. The number of aliphatic hydroxyl groups is 1. The minimum Gasteiger partial charge on any atom is -0.369 e. The minimum atomic E-state index is -0.888. The molecule has 1 unspecified atom stereocenters. The zero-order valence-corrected chi connectivity index (χ0v) is 9.08. The number of carbonyl (C=O) groups excluding carboxylic acids is 1. The van der Waals surface area contributed by atoms with Gasteiger partial charge in [0.1, 0.15) is 0 Å². The molecule has 3 rings (SSSR count). The van der Waals surface area contributed by atoms with E-state index >= 15 is 0 Å². The van der Waals surface area contributed by atoms with Crippen LogP contribution in [0.3, 0.4) is 0 Å². The molecule has 17 heavy (non-hydrogen) atoms. The highest BCUT2D eigenvalue weighted by molar-refractivity contribution is 6.10. The van der Waals surface area contributed by atoms with Gasteiger partial charge in [0.05, 0.1) is 0 Å². The topological polar surface area (TPSA) is 40.5 Å². The molecular weight excluding hydrogens is 214 g/mol. The van der Waals surface area contributed by atoms with Gasteiger partial charge in [-0.2, -0.15) is 0 Å². The Balaban J connectivity index is 2.10. The molecule has 0 aliphatic carbocycles. The smallest absolute Gasteiger partial charge is 0.261 e. The Morgan fingerprint density at radius 1 is 0.941 bits per heavy atom. The normalized spacial score (nSPS) is 18.3. The molecule has 0 fully saturated rings. The first kappa shape index (κ1) is 10.1. The lowest BCUT2D eigenvalue weighted by atomic mass is 10.1. The number of rotatable bonds is 1. The molecule has 1 atom stereocenters. The average molecular weight is 225 g/mol. The second kappa shape index (κ2) is 3.71. The number of carbonyl (C=O) groups is 1. The van der Waals surface area contributed by atoms with Crippen LogP contribution >= 0.6 is 0 Å². The fourth-order valence-electron chi connectivity index (χ4n) is 2.14. The third kappa shape index (κ3) is 1.44. The number of amides is 1. The number of anilines is 1. The standard InChI is InChI=1S/C14H11NO2/c16-13-11-8-4-5-9-12(11)14(17)15(13)10-6-2-1-3-7-10/h1-9,13,16H. The number of hydrogen-bond acceptors (Lipinski definition) is 2. The Hall–Kier alpha value is -2.13. The zero-order chi connectivity index (χ0) is 11.8. The summed E-state index contributed by atoms with van der Waals surface area (Å²) in [6.45, 7) is 0. The molecule has 3 nitrogen and oxygen atoms in total. The van der Waals surface area contributed by atoms with Crippen molar-refractivity contribution in [3.63, 3.8) is 0 Å². The second-order valence-electron chi connectivity index (χ2n) is 3.97. The van der Waals surface area contributed by atoms with Crippen molar-refractivity contribution in [1.82, 2.24) is 0 Å². The summed E-state index contributed by atoms with van der Waals surface area (Å²) in [5, 5.41) is 10.2. The van der Waals surface area contributed by atoms with Crippen molar-refractivity contribution >= 4 is 11.6 Å². The number of hydrogen-bond donors (Lipinski definition) is 1. The first-order chi connectivity index (χ1) is 8.29. The molecule has 2 aromatic carbocycles. The number of nitrogens with zero attached hydrogens (tertiary/aromatic N) is 1. The highest BCUT2D eigenvalue weighted by Crippen LogP contribution is 2.35. The van der Waals surface area contributed by atoms with Gasteiger partial charge in [0.15, 0.2) is 6.23 Å². The van der Waals surface area contributed by atoms with E-state index in [-0.39, 0.29) is 5.91 Å². The van der Waals surface area contributed by atoms with E-state index in [9.17, 15) is 9.90 Å². The predicted molar refractivity (Wildman–Crippen MR) is 64.7 cm³/mol. The van der Waals surface area contributed by atoms with Crippen LogP contribution in [0.1, 0.15) is 22.1 Å². The number of fused-ring (bicyclic) bond motifs is 1. The van der Waals surface area contributed by atoms with Crippen LogP contribution in [-0.2, 0) is 0 Å². The van der Waals surface area contributed by atoms with Crippen molar-refractivity contribution in [3.8, 4) is 0 Å². The zero-order valence-electron chi connectivity index (χ0n) is 9.08. The van der Waals surface area contributed by atoms with Gasteiger partial charge in [-0.1, -0.05) is 36.4 Å². The molecular formula is C14H11NO2. The summed E-state index contributed by atoms with van der Waals surface area (Å²) in [5.41, 5.74) is 1.95. The minimum absolute atomic E-state index is 0.153. The first-order valence-corrected chi connectivity index (χ1v) is 5.44. The lowest BCUT2D eigenvalue weighted by molar-refractivity contribution is 0.0935. The molecule has 1 heterocycles. The van der Waals surface area contributed by atoms with Crippen LogP contribution in [0, 0.1) is 0 Å². The van der Waals surface area contributed by atoms with Gasteiger partial charge in [0, 0.05) is 16.8 Å². The van der Waals surface area contributed by atoms with Gasteiger partial charge < -0.3 is 5.11 Å². The van der Waals surface area contributed by atoms with E-state index in [1.165, 1.54) is 4.90 Å². The van der Waals surface area contributed by atoms with Gasteiger partial charge >= 0.3 is 0 Å². The van der Waals surface area contributed by atoms with Crippen LogP contribution in [0.4, 0.5) is 5.69 Å². The Kier molecular flexibility index (Phi) is 2.20. The third-order valence-electron chi connectivity index (χ3n) is 2.97. The lowest BCUT2D eigenvalue weighted by Crippen LogP contribution is -2.27. The van der Waals surface area contributed by atoms with Crippen molar-refractivity contribution in [1.29, 1.82) is 0 Å². The summed E-state index contributed by atoms with van der Waals surface area (Å²) in [6, 6.07) is 16.3. The highest BCUT2D eigenvalue weighted by Gasteiger charge is 2.35. The van der Waals surface area contributed by atoms with Crippen LogP contribution < -0.4 is 4.90 Å². The maximum atomic E-state index is 12.2. The molecule has 1 amide bonds. The SMILES string of the molecule is O=C1c2ccccc2C(O)N1c1ccccc1. The monoisotopic (exact) mass is 225 g/mol. The van der Waals surface area contributed by atoms with Crippen LogP contribution in [0.5, 0.6) is 0 Å². The van der Waals surface area contributed by atoms with Gasteiger partial charge in [-0.05, 0) is 18.2 Å². The van der Waals surface area contributed by atoms with Gasteiger partial charge in [-0.15, -0.1) is 0 Å². The van der Waals surface area contributed by atoms with Gasteiger partial charge in [-0.25, -0.2) is 0 Å². The summed E-state index contributed by atoms with van der Waals surface area (Å²) in [6.07, 6.45) is -0.888. The number of aliphatic hydroxyl groups excluding tert-OH is 1. The van der Waals surface area contributed by atoms with Crippen molar-refractivity contribution in [2.45, 2.75) is 6.23 Å². The van der Waals surface area contributed by atoms with Crippen LogP contribution in [0.25, 0.3) is 0 Å². The fraction of sp³-hybridized carbons (Fsp3) is 0.0714. The van der Waals surface area contributed by atoms with E-state index < -0.39 is 6.23 Å². The van der Waals surface area contributed by atoms with Crippen LogP contribution in [0.2, 0.25) is 0 Å². The van der Waals surface area contributed by atoms with E-state index in [2.05, 4.69) is 0 Å².